The third kappa shape index (κ3) is 1.18. The molecule has 0 amide bonds. The van der Waals surface area contributed by atoms with E-state index in [0.717, 1.165) is 0 Å². The maximum Gasteiger partial charge on any atom is 0.00525 e. The summed E-state index contributed by atoms with van der Waals surface area (Å²) in [6.45, 7) is 2.20. The van der Waals surface area contributed by atoms with Crippen molar-refractivity contribution in [2.75, 3.05) is 0 Å². The Morgan fingerprint density at radius 2 is 1.82 bits per heavy atom. The SMILES string of the molecule is Cc1ccccc1[C]1CCC1. The van der Waals surface area contributed by atoms with Gasteiger partial charge in [0.2, 0.25) is 0 Å². The maximum absolute atomic E-state index is 2.24. The molecule has 1 aliphatic carbocycles. The molecule has 1 aliphatic rings. The van der Waals surface area contributed by atoms with Crippen molar-refractivity contribution >= 4 is 0 Å². The van der Waals surface area contributed by atoms with Crippen molar-refractivity contribution in [2.45, 2.75) is 26.2 Å². The van der Waals surface area contributed by atoms with E-state index in [9.17, 15) is 0 Å². The highest BCUT2D eigenvalue weighted by Gasteiger charge is 2.20. The molecule has 1 saturated carbocycles. The first-order valence-electron chi connectivity index (χ1n) is 4.28. The highest BCUT2D eigenvalue weighted by Crippen LogP contribution is 2.36. The lowest BCUT2D eigenvalue weighted by molar-refractivity contribution is 0.576. The zero-order chi connectivity index (χ0) is 7.68. The summed E-state index contributed by atoms with van der Waals surface area (Å²) in [6, 6.07) is 8.68. The van der Waals surface area contributed by atoms with E-state index in [0.29, 0.717) is 0 Å². The number of hydrogen-bond donors (Lipinski definition) is 0. The highest BCUT2D eigenvalue weighted by atomic mass is 14.2. The second-order valence-electron chi connectivity index (χ2n) is 3.27. The van der Waals surface area contributed by atoms with E-state index in [1.165, 1.54) is 30.4 Å². The van der Waals surface area contributed by atoms with Crippen LogP contribution in [-0.2, 0) is 0 Å². The lowest BCUT2D eigenvalue weighted by Gasteiger charge is -2.26. The smallest absolute Gasteiger partial charge is 0.00525 e. The normalized spacial score (nSPS) is 17.9. The van der Waals surface area contributed by atoms with Gasteiger partial charge < -0.3 is 0 Å². The summed E-state index contributed by atoms with van der Waals surface area (Å²) in [4.78, 5) is 0. The molecule has 0 unspecified atom stereocenters. The number of rotatable bonds is 1. The van der Waals surface area contributed by atoms with Crippen LogP contribution < -0.4 is 0 Å². The van der Waals surface area contributed by atoms with Gasteiger partial charge in [-0.05, 0) is 30.9 Å². The predicted octanol–water partition coefficient (Wildman–Crippen LogP) is 3.10. The first kappa shape index (κ1) is 6.90. The number of aryl methyl sites for hydroxylation is 1. The average molecular weight is 145 g/mol. The molecule has 0 aliphatic heterocycles. The minimum absolute atomic E-state index is 1.32. The van der Waals surface area contributed by atoms with Gasteiger partial charge in [-0.1, -0.05) is 30.7 Å². The van der Waals surface area contributed by atoms with E-state index in [1.54, 1.807) is 5.92 Å². The molecule has 0 bridgehead atoms. The Bertz CT molecular complexity index is 246. The van der Waals surface area contributed by atoms with Crippen molar-refractivity contribution in [3.63, 3.8) is 0 Å². The van der Waals surface area contributed by atoms with Gasteiger partial charge in [0.15, 0.2) is 0 Å². The summed E-state index contributed by atoms with van der Waals surface area (Å²) in [5.41, 5.74) is 2.93. The predicted molar refractivity (Wildman–Crippen MR) is 47.4 cm³/mol. The number of hydrogen-bond acceptors (Lipinski definition) is 0. The Kier molecular flexibility index (Phi) is 1.69. The van der Waals surface area contributed by atoms with Gasteiger partial charge in [0, 0.05) is 5.92 Å². The largest absolute Gasteiger partial charge is 0.0620 e. The van der Waals surface area contributed by atoms with Crippen LogP contribution in [-0.4, -0.2) is 0 Å². The summed E-state index contributed by atoms with van der Waals surface area (Å²) >= 11 is 0. The summed E-state index contributed by atoms with van der Waals surface area (Å²) in [5.74, 6) is 1.66. The molecular formula is C11H13. The molecule has 0 spiro atoms. The fraction of sp³-hybridized carbons (Fsp3) is 0.364. The molecule has 0 aromatic heterocycles. The monoisotopic (exact) mass is 145 g/mol. The molecule has 1 aromatic carbocycles. The Morgan fingerprint density at radius 1 is 1.09 bits per heavy atom. The second-order valence-corrected chi connectivity index (χ2v) is 3.27. The highest BCUT2D eigenvalue weighted by molar-refractivity contribution is 5.39. The summed E-state index contributed by atoms with van der Waals surface area (Å²) in [6.07, 6.45) is 4.04. The third-order valence-corrected chi connectivity index (χ3v) is 2.48. The van der Waals surface area contributed by atoms with Crippen molar-refractivity contribution in [3.8, 4) is 0 Å². The van der Waals surface area contributed by atoms with Crippen molar-refractivity contribution in [3.05, 3.63) is 41.3 Å². The molecule has 0 nitrogen and oxygen atoms in total. The van der Waals surface area contributed by atoms with Gasteiger partial charge in [0.1, 0.15) is 0 Å². The van der Waals surface area contributed by atoms with Crippen LogP contribution in [0.4, 0.5) is 0 Å². The van der Waals surface area contributed by atoms with Crippen molar-refractivity contribution < 1.29 is 0 Å². The third-order valence-electron chi connectivity index (χ3n) is 2.48. The van der Waals surface area contributed by atoms with Gasteiger partial charge in [-0.15, -0.1) is 0 Å². The number of benzene rings is 1. The minimum atomic E-state index is 1.32. The van der Waals surface area contributed by atoms with E-state index in [2.05, 4.69) is 31.2 Å². The lowest BCUT2D eigenvalue weighted by atomic mass is 9.78. The Balaban J connectivity index is 2.28. The summed E-state index contributed by atoms with van der Waals surface area (Å²) < 4.78 is 0. The van der Waals surface area contributed by atoms with Crippen LogP contribution in [0.25, 0.3) is 0 Å². The van der Waals surface area contributed by atoms with E-state index >= 15 is 0 Å². The molecule has 11 heavy (non-hydrogen) atoms. The molecule has 57 valence electrons. The van der Waals surface area contributed by atoms with Crippen molar-refractivity contribution in [2.24, 2.45) is 0 Å². The molecule has 0 atom stereocenters. The van der Waals surface area contributed by atoms with E-state index in [1.807, 2.05) is 0 Å². The summed E-state index contributed by atoms with van der Waals surface area (Å²) in [7, 11) is 0. The van der Waals surface area contributed by atoms with Gasteiger partial charge in [0.05, 0.1) is 0 Å². The lowest BCUT2D eigenvalue weighted by Crippen LogP contribution is -2.10. The van der Waals surface area contributed by atoms with E-state index in [-0.39, 0.29) is 0 Å². The fourth-order valence-electron chi connectivity index (χ4n) is 1.59. The first-order chi connectivity index (χ1) is 5.38. The van der Waals surface area contributed by atoms with E-state index < -0.39 is 0 Å². The standard InChI is InChI=1S/C11H13/c1-9-5-2-3-8-11(9)10-6-4-7-10/h2-3,5,8H,4,6-7H2,1H3. The van der Waals surface area contributed by atoms with Gasteiger partial charge >= 0.3 is 0 Å². The van der Waals surface area contributed by atoms with Gasteiger partial charge in [0.25, 0.3) is 0 Å². The zero-order valence-corrected chi connectivity index (χ0v) is 6.93. The quantitative estimate of drug-likeness (QED) is 0.569. The van der Waals surface area contributed by atoms with Crippen LogP contribution in [0.5, 0.6) is 0 Å². The molecule has 0 N–H and O–H groups in total. The van der Waals surface area contributed by atoms with Crippen molar-refractivity contribution in [1.29, 1.82) is 0 Å². The Morgan fingerprint density at radius 3 is 2.36 bits per heavy atom. The van der Waals surface area contributed by atoms with Gasteiger partial charge in [-0.25, -0.2) is 0 Å². The minimum Gasteiger partial charge on any atom is -0.0620 e. The maximum atomic E-state index is 2.24. The van der Waals surface area contributed by atoms with Gasteiger partial charge in [-0.2, -0.15) is 0 Å². The van der Waals surface area contributed by atoms with Crippen LogP contribution in [0.2, 0.25) is 0 Å². The average Bonchev–Trinajstić information content (AvgIpc) is 1.90. The molecule has 1 aromatic rings. The second kappa shape index (κ2) is 2.69. The Labute approximate surface area is 68.3 Å². The van der Waals surface area contributed by atoms with E-state index in [4.69, 9.17) is 0 Å². The molecule has 1 fully saturated rings. The fourth-order valence-corrected chi connectivity index (χ4v) is 1.59. The molecule has 0 saturated heterocycles. The van der Waals surface area contributed by atoms with Crippen LogP contribution in [0.3, 0.4) is 0 Å². The Hall–Kier alpha value is -0.780. The molecule has 0 heterocycles. The molecule has 1 radical (unpaired) electrons. The molecular weight excluding hydrogens is 132 g/mol. The van der Waals surface area contributed by atoms with Crippen LogP contribution >= 0.6 is 0 Å². The first-order valence-corrected chi connectivity index (χ1v) is 4.28. The van der Waals surface area contributed by atoms with Crippen molar-refractivity contribution in [1.82, 2.24) is 0 Å². The van der Waals surface area contributed by atoms with Crippen LogP contribution in [0, 0.1) is 12.8 Å². The van der Waals surface area contributed by atoms with Crippen LogP contribution in [0.15, 0.2) is 24.3 Å². The van der Waals surface area contributed by atoms with Crippen LogP contribution in [0.1, 0.15) is 30.4 Å². The zero-order valence-electron chi connectivity index (χ0n) is 6.93. The molecule has 2 rings (SSSR count). The molecule has 0 heteroatoms. The summed E-state index contributed by atoms with van der Waals surface area (Å²) in [5, 5.41) is 0. The van der Waals surface area contributed by atoms with Gasteiger partial charge in [-0.3, -0.25) is 0 Å². The topological polar surface area (TPSA) is 0 Å².